The Morgan fingerprint density at radius 2 is 1.71 bits per heavy atom. The van der Waals surface area contributed by atoms with Gasteiger partial charge in [0.05, 0.1) is 19.8 Å². The van der Waals surface area contributed by atoms with E-state index in [9.17, 15) is 9.90 Å². The maximum atomic E-state index is 11.1. The Hall–Kier alpha value is -1.75. The van der Waals surface area contributed by atoms with Gasteiger partial charge in [0.1, 0.15) is 17.1 Å². The molecule has 5 nitrogen and oxygen atoms in total. The van der Waals surface area contributed by atoms with Crippen LogP contribution < -0.4 is 9.47 Å². The molecule has 0 radical (unpaired) electrons. The van der Waals surface area contributed by atoms with E-state index in [-0.39, 0.29) is 11.3 Å². The summed E-state index contributed by atoms with van der Waals surface area (Å²) in [6, 6.07) is 2.82. The number of carbonyl (C=O) groups is 1. The van der Waals surface area contributed by atoms with Crippen molar-refractivity contribution in [3.05, 3.63) is 23.3 Å². The molecule has 1 aromatic carbocycles. The van der Waals surface area contributed by atoms with Crippen molar-refractivity contribution in [2.45, 2.75) is 19.4 Å². The van der Waals surface area contributed by atoms with E-state index in [1.165, 1.54) is 26.4 Å². The maximum absolute atomic E-state index is 11.1. The van der Waals surface area contributed by atoms with Crippen molar-refractivity contribution >= 4 is 5.97 Å². The summed E-state index contributed by atoms with van der Waals surface area (Å²) in [7, 11) is 2.83. The molecule has 17 heavy (non-hydrogen) atoms. The molecule has 0 unspecified atom stereocenters. The number of benzene rings is 1. The van der Waals surface area contributed by atoms with E-state index in [1.807, 2.05) is 0 Å². The lowest BCUT2D eigenvalue weighted by atomic mass is 9.95. The molecule has 94 valence electrons. The molecule has 1 aromatic rings. The van der Waals surface area contributed by atoms with Crippen molar-refractivity contribution < 1.29 is 24.5 Å². The Morgan fingerprint density at radius 3 is 2.06 bits per heavy atom. The summed E-state index contributed by atoms with van der Waals surface area (Å²) >= 11 is 0. The molecule has 0 aliphatic heterocycles. The first kappa shape index (κ1) is 13.3. The Bertz CT molecular complexity index is 431. The molecule has 5 heteroatoms. The van der Waals surface area contributed by atoms with Gasteiger partial charge >= 0.3 is 5.97 Å². The second kappa shape index (κ2) is 4.63. The predicted octanol–water partition coefficient (Wildman–Crippen LogP) is 1.63. The molecule has 2 N–H and O–H groups in total. The molecule has 0 saturated heterocycles. The van der Waals surface area contributed by atoms with Gasteiger partial charge in [-0.2, -0.15) is 0 Å². The fraction of sp³-hybridized carbons (Fsp3) is 0.417. The average Bonchev–Trinajstić information content (AvgIpc) is 2.25. The third kappa shape index (κ3) is 2.68. The maximum Gasteiger partial charge on any atom is 0.339 e. The van der Waals surface area contributed by atoms with Crippen LogP contribution in [0.2, 0.25) is 0 Å². The summed E-state index contributed by atoms with van der Waals surface area (Å²) in [5, 5.41) is 19.0. The Balaban J connectivity index is 3.50. The third-order valence-electron chi connectivity index (χ3n) is 2.41. The van der Waals surface area contributed by atoms with Crippen LogP contribution in [-0.4, -0.2) is 30.4 Å². The van der Waals surface area contributed by atoms with Crippen LogP contribution in [0, 0.1) is 0 Å². The van der Waals surface area contributed by atoms with Crippen LogP contribution in [0.25, 0.3) is 0 Å². The van der Waals surface area contributed by atoms with E-state index in [1.54, 1.807) is 13.8 Å². The lowest BCUT2D eigenvalue weighted by Crippen LogP contribution is -2.18. The topological polar surface area (TPSA) is 76.0 Å². The molecular weight excluding hydrogens is 224 g/mol. The zero-order valence-corrected chi connectivity index (χ0v) is 10.3. The fourth-order valence-electron chi connectivity index (χ4n) is 1.54. The highest BCUT2D eigenvalue weighted by molar-refractivity contribution is 5.91. The quantitative estimate of drug-likeness (QED) is 0.836. The van der Waals surface area contributed by atoms with Crippen molar-refractivity contribution in [1.29, 1.82) is 0 Å². The number of hydrogen-bond acceptors (Lipinski definition) is 4. The minimum absolute atomic E-state index is 0.00887. The minimum Gasteiger partial charge on any atom is -0.496 e. The second-order valence-electron chi connectivity index (χ2n) is 4.12. The first-order valence-corrected chi connectivity index (χ1v) is 5.03. The number of aromatic carboxylic acids is 1. The molecule has 0 spiro atoms. The van der Waals surface area contributed by atoms with Crippen LogP contribution >= 0.6 is 0 Å². The van der Waals surface area contributed by atoms with Gasteiger partial charge < -0.3 is 19.7 Å². The molecule has 0 aromatic heterocycles. The van der Waals surface area contributed by atoms with Crippen LogP contribution in [0.4, 0.5) is 0 Å². The van der Waals surface area contributed by atoms with Crippen LogP contribution in [0.5, 0.6) is 11.5 Å². The summed E-state index contributed by atoms with van der Waals surface area (Å²) < 4.78 is 10.1. The van der Waals surface area contributed by atoms with Gasteiger partial charge in [-0.25, -0.2) is 4.79 Å². The molecular formula is C12H16O5. The van der Waals surface area contributed by atoms with E-state index >= 15 is 0 Å². The smallest absolute Gasteiger partial charge is 0.339 e. The van der Waals surface area contributed by atoms with E-state index in [4.69, 9.17) is 14.6 Å². The Kier molecular flexibility index (Phi) is 3.63. The van der Waals surface area contributed by atoms with Crippen molar-refractivity contribution in [3.63, 3.8) is 0 Å². The molecule has 0 atom stereocenters. The zero-order chi connectivity index (χ0) is 13.2. The lowest BCUT2D eigenvalue weighted by Gasteiger charge is -2.22. The molecule has 0 amide bonds. The normalized spacial score (nSPS) is 11.1. The van der Waals surface area contributed by atoms with Crippen LogP contribution in [0.15, 0.2) is 12.1 Å². The number of methoxy groups -OCH3 is 2. The first-order valence-electron chi connectivity index (χ1n) is 5.03. The monoisotopic (exact) mass is 240 g/mol. The highest BCUT2D eigenvalue weighted by Crippen LogP contribution is 2.35. The molecule has 0 aliphatic rings. The lowest BCUT2D eigenvalue weighted by molar-refractivity contribution is 0.0686. The van der Waals surface area contributed by atoms with E-state index < -0.39 is 11.6 Å². The number of aliphatic hydroxyl groups is 1. The van der Waals surface area contributed by atoms with Gasteiger partial charge in [-0.15, -0.1) is 0 Å². The van der Waals surface area contributed by atoms with Gasteiger partial charge in [0.15, 0.2) is 0 Å². The fourth-order valence-corrected chi connectivity index (χ4v) is 1.54. The van der Waals surface area contributed by atoms with E-state index in [2.05, 4.69) is 0 Å². The van der Waals surface area contributed by atoms with Gasteiger partial charge in [-0.3, -0.25) is 0 Å². The molecule has 0 aliphatic carbocycles. The van der Waals surface area contributed by atoms with E-state index in [0.717, 1.165) is 0 Å². The first-order chi connectivity index (χ1) is 7.81. The van der Waals surface area contributed by atoms with Gasteiger partial charge in [-0.05, 0) is 19.9 Å². The summed E-state index contributed by atoms with van der Waals surface area (Å²) in [4.78, 5) is 11.1. The van der Waals surface area contributed by atoms with Crippen molar-refractivity contribution in [3.8, 4) is 11.5 Å². The molecule has 0 bridgehead atoms. The Morgan fingerprint density at radius 1 is 1.18 bits per heavy atom. The number of ether oxygens (including phenoxy) is 2. The molecule has 0 heterocycles. The highest BCUT2D eigenvalue weighted by atomic mass is 16.5. The Labute approximate surface area is 99.6 Å². The van der Waals surface area contributed by atoms with Crippen molar-refractivity contribution in [2.24, 2.45) is 0 Å². The summed E-state index contributed by atoms with van der Waals surface area (Å²) in [5.41, 5.74) is -0.800. The number of carboxylic acids is 1. The minimum atomic E-state index is -1.19. The number of hydrogen-bond donors (Lipinski definition) is 2. The summed E-state index contributed by atoms with van der Waals surface area (Å²) in [5.74, 6) is -0.531. The number of carboxylic acid groups (broad SMARTS) is 1. The average molecular weight is 240 g/mol. The van der Waals surface area contributed by atoms with Crippen LogP contribution in [-0.2, 0) is 5.60 Å². The zero-order valence-electron chi connectivity index (χ0n) is 10.3. The van der Waals surface area contributed by atoms with Gasteiger partial charge in [0.2, 0.25) is 0 Å². The van der Waals surface area contributed by atoms with Crippen LogP contribution in [0.3, 0.4) is 0 Å². The standard InChI is InChI=1S/C12H16O5/c1-12(2,15)8-5-7(11(13)14)9(16-3)6-10(8)17-4/h5-6,15H,1-4H3,(H,13,14). The summed E-state index contributed by atoms with van der Waals surface area (Å²) in [6.45, 7) is 3.12. The SMILES string of the molecule is COc1cc(OC)c(C(C)(C)O)cc1C(=O)O. The van der Waals surface area contributed by atoms with E-state index in [0.29, 0.717) is 11.3 Å². The van der Waals surface area contributed by atoms with Crippen molar-refractivity contribution in [2.75, 3.05) is 14.2 Å². The van der Waals surface area contributed by atoms with Gasteiger partial charge in [0.25, 0.3) is 0 Å². The van der Waals surface area contributed by atoms with Crippen molar-refractivity contribution in [1.82, 2.24) is 0 Å². The predicted molar refractivity (Wildman–Crippen MR) is 61.8 cm³/mol. The van der Waals surface area contributed by atoms with Gasteiger partial charge in [-0.1, -0.05) is 0 Å². The van der Waals surface area contributed by atoms with Gasteiger partial charge in [0, 0.05) is 11.6 Å². The van der Waals surface area contributed by atoms with Crippen LogP contribution in [0.1, 0.15) is 29.8 Å². The largest absolute Gasteiger partial charge is 0.496 e. The molecule has 0 saturated carbocycles. The molecule has 1 rings (SSSR count). The highest BCUT2D eigenvalue weighted by Gasteiger charge is 2.25. The second-order valence-corrected chi connectivity index (χ2v) is 4.12. The third-order valence-corrected chi connectivity index (χ3v) is 2.41. The number of rotatable bonds is 4. The summed E-state index contributed by atoms with van der Waals surface area (Å²) in [6.07, 6.45) is 0. The molecule has 0 fully saturated rings.